The summed E-state index contributed by atoms with van der Waals surface area (Å²) >= 11 is 5.81. The van der Waals surface area contributed by atoms with Crippen LogP contribution in [-0.4, -0.2) is 29.8 Å². The summed E-state index contributed by atoms with van der Waals surface area (Å²) in [7, 11) is 0. The van der Waals surface area contributed by atoms with E-state index >= 15 is 0 Å². The van der Waals surface area contributed by atoms with Crippen molar-refractivity contribution in [3.8, 4) is 0 Å². The summed E-state index contributed by atoms with van der Waals surface area (Å²) in [6.07, 6.45) is 7.34. The molecule has 2 rings (SSSR count). The molecular formula is C14H24ClNO. The zero-order valence-corrected chi connectivity index (χ0v) is 11.6. The van der Waals surface area contributed by atoms with Gasteiger partial charge in [-0.05, 0) is 37.5 Å². The molecular weight excluding hydrogens is 234 g/mol. The Bertz CT molecular complexity index is 269. The topological polar surface area (TPSA) is 20.3 Å². The summed E-state index contributed by atoms with van der Waals surface area (Å²) in [6, 6.07) is 0. The standard InChI is InChI=1S/C14H24ClNO/c1-2-3-7-16(8-6-15)14(17)13-10-11-4-5-12(13)9-11/h11-13H,2-10H2,1H3. The number of unbranched alkanes of at least 4 members (excludes halogenated alkanes) is 1. The van der Waals surface area contributed by atoms with E-state index in [1.54, 1.807) is 0 Å². The van der Waals surface area contributed by atoms with E-state index in [1.807, 2.05) is 4.90 Å². The maximum absolute atomic E-state index is 12.5. The lowest BCUT2D eigenvalue weighted by Crippen LogP contribution is -2.40. The van der Waals surface area contributed by atoms with Crippen molar-refractivity contribution in [1.82, 2.24) is 4.90 Å². The number of rotatable bonds is 6. The monoisotopic (exact) mass is 257 g/mol. The van der Waals surface area contributed by atoms with Crippen molar-refractivity contribution < 1.29 is 4.79 Å². The molecule has 3 heteroatoms. The lowest BCUT2D eigenvalue weighted by atomic mass is 9.87. The molecule has 0 N–H and O–H groups in total. The fourth-order valence-corrected chi connectivity index (χ4v) is 3.77. The minimum Gasteiger partial charge on any atom is -0.341 e. The molecule has 0 spiro atoms. The molecule has 2 aliphatic carbocycles. The van der Waals surface area contributed by atoms with Crippen molar-refractivity contribution in [1.29, 1.82) is 0 Å². The summed E-state index contributed by atoms with van der Waals surface area (Å²) in [5.74, 6) is 2.82. The molecule has 3 unspecified atom stereocenters. The van der Waals surface area contributed by atoms with Crippen LogP contribution in [-0.2, 0) is 4.79 Å². The van der Waals surface area contributed by atoms with Gasteiger partial charge in [0.2, 0.25) is 5.91 Å². The van der Waals surface area contributed by atoms with Gasteiger partial charge in [0.1, 0.15) is 0 Å². The second-order valence-corrected chi connectivity index (χ2v) is 6.03. The molecule has 2 saturated carbocycles. The molecule has 98 valence electrons. The highest BCUT2D eigenvalue weighted by Gasteiger charge is 2.44. The first-order valence-corrected chi connectivity index (χ1v) is 7.64. The number of carbonyl (C=O) groups is 1. The number of hydrogen-bond acceptors (Lipinski definition) is 1. The van der Waals surface area contributed by atoms with Gasteiger partial charge in [-0.1, -0.05) is 19.8 Å². The molecule has 2 bridgehead atoms. The first-order valence-electron chi connectivity index (χ1n) is 7.11. The Morgan fingerprint density at radius 1 is 1.29 bits per heavy atom. The van der Waals surface area contributed by atoms with Gasteiger partial charge in [-0.3, -0.25) is 4.79 Å². The van der Waals surface area contributed by atoms with Gasteiger partial charge >= 0.3 is 0 Å². The van der Waals surface area contributed by atoms with Crippen LogP contribution in [0.25, 0.3) is 0 Å². The third-order valence-corrected chi connectivity index (χ3v) is 4.67. The smallest absolute Gasteiger partial charge is 0.226 e. The van der Waals surface area contributed by atoms with E-state index < -0.39 is 0 Å². The Labute approximate surface area is 110 Å². The summed E-state index contributed by atoms with van der Waals surface area (Å²) in [6.45, 7) is 3.80. The zero-order chi connectivity index (χ0) is 12.3. The van der Waals surface area contributed by atoms with Gasteiger partial charge in [0, 0.05) is 24.9 Å². The van der Waals surface area contributed by atoms with Crippen molar-refractivity contribution in [2.75, 3.05) is 19.0 Å². The average Bonchev–Trinajstić information content (AvgIpc) is 2.95. The molecule has 0 aliphatic heterocycles. The molecule has 0 aromatic rings. The minimum absolute atomic E-state index is 0.328. The fourth-order valence-electron chi connectivity index (χ4n) is 3.56. The third kappa shape index (κ3) is 2.96. The second kappa shape index (κ2) is 6.08. The number of carbonyl (C=O) groups excluding carboxylic acids is 1. The molecule has 2 nitrogen and oxygen atoms in total. The third-order valence-electron chi connectivity index (χ3n) is 4.50. The van der Waals surface area contributed by atoms with E-state index in [4.69, 9.17) is 11.6 Å². The lowest BCUT2D eigenvalue weighted by molar-refractivity contribution is -0.137. The van der Waals surface area contributed by atoms with Gasteiger partial charge in [0.15, 0.2) is 0 Å². The molecule has 0 aromatic heterocycles. The van der Waals surface area contributed by atoms with Crippen LogP contribution < -0.4 is 0 Å². The molecule has 3 atom stereocenters. The molecule has 0 aromatic carbocycles. The predicted octanol–water partition coefficient (Wildman–Crippen LogP) is 3.29. The van der Waals surface area contributed by atoms with Crippen molar-refractivity contribution in [2.45, 2.75) is 45.4 Å². The van der Waals surface area contributed by atoms with Gasteiger partial charge in [-0.25, -0.2) is 0 Å². The highest BCUT2D eigenvalue weighted by atomic mass is 35.5. The first-order chi connectivity index (χ1) is 8.26. The van der Waals surface area contributed by atoms with E-state index in [0.29, 0.717) is 23.6 Å². The highest BCUT2D eigenvalue weighted by Crippen LogP contribution is 2.48. The van der Waals surface area contributed by atoms with E-state index in [9.17, 15) is 4.79 Å². The number of halogens is 1. The number of nitrogens with zero attached hydrogens (tertiary/aromatic N) is 1. The van der Waals surface area contributed by atoms with Crippen LogP contribution in [0.4, 0.5) is 0 Å². The van der Waals surface area contributed by atoms with E-state index in [1.165, 1.54) is 19.3 Å². The van der Waals surface area contributed by atoms with Crippen LogP contribution in [0.3, 0.4) is 0 Å². The molecule has 0 heterocycles. The molecule has 1 amide bonds. The van der Waals surface area contributed by atoms with Crippen LogP contribution >= 0.6 is 11.6 Å². The second-order valence-electron chi connectivity index (χ2n) is 5.65. The Kier molecular flexibility index (Phi) is 4.72. The van der Waals surface area contributed by atoms with E-state index in [-0.39, 0.29) is 0 Å². The summed E-state index contributed by atoms with van der Waals surface area (Å²) in [5, 5.41) is 0. The van der Waals surface area contributed by atoms with E-state index in [2.05, 4.69) is 6.92 Å². The maximum Gasteiger partial charge on any atom is 0.226 e. The number of amides is 1. The molecule has 0 saturated heterocycles. The van der Waals surface area contributed by atoms with Crippen molar-refractivity contribution in [3.63, 3.8) is 0 Å². The van der Waals surface area contributed by atoms with Crippen LogP contribution in [0.15, 0.2) is 0 Å². The SMILES string of the molecule is CCCCN(CCCl)C(=O)C1CC2CCC1C2. The Balaban J connectivity index is 1.91. The van der Waals surface area contributed by atoms with Crippen molar-refractivity contribution in [2.24, 2.45) is 17.8 Å². The number of fused-ring (bicyclic) bond motifs is 2. The first kappa shape index (κ1) is 13.2. The van der Waals surface area contributed by atoms with E-state index in [0.717, 1.165) is 38.3 Å². The molecule has 17 heavy (non-hydrogen) atoms. The molecule has 0 radical (unpaired) electrons. The van der Waals surface area contributed by atoms with Gasteiger partial charge in [0.25, 0.3) is 0 Å². The van der Waals surface area contributed by atoms with Gasteiger partial charge < -0.3 is 4.90 Å². The van der Waals surface area contributed by atoms with Crippen LogP contribution in [0, 0.1) is 17.8 Å². The van der Waals surface area contributed by atoms with Crippen LogP contribution in [0.2, 0.25) is 0 Å². The van der Waals surface area contributed by atoms with Crippen molar-refractivity contribution in [3.05, 3.63) is 0 Å². The summed E-state index contributed by atoms with van der Waals surface area (Å²) in [5.41, 5.74) is 0. The van der Waals surface area contributed by atoms with Crippen LogP contribution in [0.1, 0.15) is 45.4 Å². The molecule has 2 fully saturated rings. The summed E-state index contributed by atoms with van der Waals surface area (Å²) in [4.78, 5) is 14.5. The Morgan fingerprint density at radius 2 is 2.12 bits per heavy atom. The summed E-state index contributed by atoms with van der Waals surface area (Å²) < 4.78 is 0. The van der Waals surface area contributed by atoms with Gasteiger partial charge in [0.05, 0.1) is 0 Å². The minimum atomic E-state index is 0.328. The van der Waals surface area contributed by atoms with Gasteiger partial charge in [-0.15, -0.1) is 11.6 Å². The number of alkyl halides is 1. The average molecular weight is 258 g/mol. The Hall–Kier alpha value is -0.240. The number of hydrogen-bond donors (Lipinski definition) is 0. The fraction of sp³-hybridized carbons (Fsp3) is 0.929. The zero-order valence-electron chi connectivity index (χ0n) is 10.8. The predicted molar refractivity (Wildman–Crippen MR) is 71.1 cm³/mol. The van der Waals surface area contributed by atoms with Crippen molar-refractivity contribution >= 4 is 17.5 Å². The normalized spacial score (nSPS) is 30.8. The highest BCUT2D eigenvalue weighted by molar-refractivity contribution is 6.18. The largest absolute Gasteiger partial charge is 0.341 e. The van der Waals surface area contributed by atoms with Gasteiger partial charge in [-0.2, -0.15) is 0 Å². The molecule has 2 aliphatic rings. The lowest BCUT2D eigenvalue weighted by Gasteiger charge is -2.29. The quantitative estimate of drug-likeness (QED) is 0.669. The van der Waals surface area contributed by atoms with Crippen LogP contribution in [0.5, 0.6) is 0 Å². The maximum atomic E-state index is 12.5. The Morgan fingerprint density at radius 3 is 2.65 bits per heavy atom.